The molecule has 0 bridgehead atoms. The van der Waals surface area contributed by atoms with Crippen molar-refractivity contribution >= 4 is 5.82 Å². The van der Waals surface area contributed by atoms with Gasteiger partial charge in [0.25, 0.3) is 0 Å². The molecule has 1 fully saturated rings. The Balaban J connectivity index is 1.88. The molecule has 2 rings (SSSR count). The summed E-state index contributed by atoms with van der Waals surface area (Å²) in [6.07, 6.45) is 2.61. The van der Waals surface area contributed by atoms with E-state index in [0.717, 1.165) is 31.1 Å². The number of rotatable bonds is 7. The summed E-state index contributed by atoms with van der Waals surface area (Å²) < 4.78 is 0. The van der Waals surface area contributed by atoms with Crippen molar-refractivity contribution in [1.29, 1.82) is 0 Å². The molecule has 1 saturated heterocycles. The van der Waals surface area contributed by atoms with Crippen LogP contribution in [0.3, 0.4) is 0 Å². The van der Waals surface area contributed by atoms with E-state index in [-0.39, 0.29) is 0 Å². The van der Waals surface area contributed by atoms with E-state index >= 15 is 0 Å². The first-order chi connectivity index (χ1) is 10.1. The minimum atomic E-state index is 0.469. The van der Waals surface area contributed by atoms with E-state index in [0.29, 0.717) is 12.1 Å². The van der Waals surface area contributed by atoms with Crippen LogP contribution in [-0.4, -0.2) is 53.9 Å². The largest absolute Gasteiger partial charge is 0.357 e. The fourth-order valence-corrected chi connectivity index (χ4v) is 2.89. The standard InChI is InChI=1S/C16H29N5/c1-5-21-10-6-7-15(21)12-20(4)16-9-8-14(18-19-16)11-17-13(2)3/h8-9,13,15,17H,5-7,10-12H2,1-4H3. The van der Waals surface area contributed by atoms with Crippen LogP contribution >= 0.6 is 0 Å². The Hall–Kier alpha value is -1.20. The summed E-state index contributed by atoms with van der Waals surface area (Å²) in [5.74, 6) is 0.964. The fourth-order valence-electron chi connectivity index (χ4n) is 2.89. The highest BCUT2D eigenvalue weighted by Crippen LogP contribution is 2.19. The Labute approximate surface area is 128 Å². The zero-order valence-corrected chi connectivity index (χ0v) is 13.8. The number of nitrogens with one attached hydrogen (secondary N) is 1. The molecule has 0 aromatic carbocycles. The first-order valence-electron chi connectivity index (χ1n) is 8.11. The number of likely N-dealkylation sites (tertiary alicyclic amines) is 1. The maximum atomic E-state index is 4.37. The molecule has 5 heteroatoms. The highest BCUT2D eigenvalue weighted by Gasteiger charge is 2.24. The van der Waals surface area contributed by atoms with Gasteiger partial charge in [-0.05, 0) is 38.1 Å². The summed E-state index contributed by atoms with van der Waals surface area (Å²) >= 11 is 0. The van der Waals surface area contributed by atoms with Gasteiger partial charge in [-0.15, -0.1) is 5.10 Å². The summed E-state index contributed by atoms with van der Waals surface area (Å²) in [6.45, 7) is 10.7. The van der Waals surface area contributed by atoms with Gasteiger partial charge in [-0.25, -0.2) is 0 Å². The third-order valence-electron chi connectivity index (χ3n) is 4.18. The monoisotopic (exact) mass is 291 g/mol. The summed E-state index contributed by atoms with van der Waals surface area (Å²) in [7, 11) is 2.11. The average Bonchev–Trinajstić information content (AvgIpc) is 2.92. The van der Waals surface area contributed by atoms with Gasteiger partial charge in [0.05, 0.1) is 5.69 Å². The van der Waals surface area contributed by atoms with Crippen LogP contribution in [0.5, 0.6) is 0 Å². The van der Waals surface area contributed by atoms with Crippen molar-refractivity contribution in [2.75, 3.05) is 31.6 Å². The number of aromatic nitrogens is 2. The third kappa shape index (κ3) is 4.64. The highest BCUT2D eigenvalue weighted by molar-refractivity contribution is 5.36. The molecule has 2 heterocycles. The third-order valence-corrected chi connectivity index (χ3v) is 4.18. The van der Waals surface area contributed by atoms with Crippen LogP contribution in [0.15, 0.2) is 12.1 Å². The maximum absolute atomic E-state index is 4.37. The molecule has 1 aromatic heterocycles. The van der Waals surface area contributed by atoms with Crippen LogP contribution in [0.1, 0.15) is 39.3 Å². The Morgan fingerprint density at radius 2 is 2.19 bits per heavy atom. The van der Waals surface area contributed by atoms with E-state index < -0.39 is 0 Å². The van der Waals surface area contributed by atoms with E-state index in [1.165, 1.54) is 19.4 Å². The van der Waals surface area contributed by atoms with Crippen LogP contribution in [0, 0.1) is 0 Å². The van der Waals surface area contributed by atoms with Crippen LogP contribution in [0.2, 0.25) is 0 Å². The lowest BCUT2D eigenvalue weighted by molar-refractivity contribution is 0.270. The lowest BCUT2D eigenvalue weighted by Crippen LogP contribution is -2.39. The van der Waals surface area contributed by atoms with Gasteiger partial charge in [0, 0.05) is 32.2 Å². The second-order valence-electron chi connectivity index (χ2n) is 6.22. The van der Waals surface area contributed by atoms with Crippen molar-refractivity contribution < 1.29 is 0 Å². The average molecular weight is 291 g/mol. The highest BCUT2D eigenvalue weighted by atomic mass is 15.3. The number of anilines is 1. The molecule has 1 aromatic rings. The summed E-state index contributed by atoms with van der Waals surface area (Å²) in [5.41, 5.74) is 0.997. The quantitative estimate of drug-likeness (QED) is 0.831. The second kappa shape index (κ2) is 7.71. The van der Waals surface area contributed by atoms with Gasteiger partial charge in [0.1, 0.15) is 0 Å². The predicted molar refractivity (Wildman–Crippen MR) is 87.5 cm³/mol. The van der Waals surface area contributed by atoms with Crippen molar-refractivity contribution in [1.82, 2.24) is 20.4 Å². The van der Waals surface area contributed by atoms with Crippen molar-refractivity contribution in [2.45, 2.75) is 52.2 Å². The van der Waals surface area contributed by atoms with Gasteiger partial charge < -0.3 is 10.2 Å². The molecule has 0 spiro atoms. The van der Waals surface area contributed by atoms with Crippen molar-refractivity contribution in [2.24, 2.45) is 0 Å². The minimum Gasteiger partial charge on any atom is -0.357 e. The summed E-state index contributed by atoms with van der Waals surface area (Å²) in [6, 6.07) is 5.27. The molecule has 21 heavy (non-hydrogen) atoms. The Kier molecular flexibility index (Phi) is 5.94. The number of nitrogens with zero attached hydrogens (tertiary/aromatic N) is 4. The Bertz CT molecular complexity index is 417. The lowest BCUT2D eigenvalue weighted by atomic mass is 10.2. The van der Waals surface area contributed by atoms with E-state index in [1.807, 2.05) is 0 Å². The molecule has 1 atom stereocenters. The van der Waals surface area contributed by atoms with Gasteiger partial charge in [-0.3, -0.25) is 4.90 Å². The molecule has 118 valence electrons. The second-order valence-corrected chi connectivity index (χ2v) is 6.22. The molecule has 1 unspecified atom stereocenters. The first-order valence-corrected chi connectivity index (χ1v) is 8.11. The van der Waals surface area contributed by atoms with Gasteiger partial charge in [0.15, 0.2) is 5.82 Å². The van der Waals surface area contributed by atoms with Crippen molar-refractivity contribution in [3.8, 4) is 0 Å². The van der Waals surface area contributed by atoms with Crippen LogP contribution in [0.25, 0.3) is 0 Å². The summed E-state index contributed by atoms with van der Waals surface area (Å²) in [5, 5.41) is 12.0. The van der Waals surface area contributed by atoms with Gasteiger partial charge in [-0.2, -0.15) is 5.10 Å². The molecular formula is C16H29N5. The molecule has 1 aliphatic rings. The molecule has 0 radical (unpaired) electrons. The number of likely N-dealkylation sites (N-methyl/N-ethyl adjacent to an activating group) is 2. The zero-order valence-electron chi connectivity index (χ0n) is 13.8. The first kappa shape index (κ1) is 16.2. The van der Waals surface area contributed by atoms with Crippen LogP contribution in [0.4, 0.5) is 5.82 Å². The molecule has 5 nitrogen and oxygen atoms in total. The van der Waals surface area contributed by atoms with Gasteiger partial charge >= 0.3 is 0 Å². The van der Waals surface area contributed by atoms with E-state index in [2.05, 4.69) is 65.3 Å². The zero-order chi connectivity index (χ0) is 15.2. The maximum Gasteiger partial charge on any atom is 0.151 e. The van der Waals surface area contributed by atoms with Crippen molar-refractivity contribution in [3.63, 3.8) is 0 Å². The number of hydrogen-bond acceptors (Lipinski definition) is 5. The normalized spacial score (nSPS) is 19.4. The molecule has 0 saturated carbocycles. The van der Waals surface area contributed by atoms with Crippen LogP contribution < -0.4 is 10.2 Å². The predicted octanol–water partition coefficient (Wildman–Crippen LogP) is 1.90. The summed E-state index contributed by atoms with van der Waals surface area (Å²) in [4.78, 5) is 4.79. The lowest BCUT2D eigenvalue weighted by Gasteiger charge is -2.28. The van der Waals surface area contributed by atoms with E-state index in [9.17, 15) is 0 Å². The molecule has 1 N–H and O–H groups in total. The Morgan fingerprint density at radius 3 is 2.81 bits per heavy atom. The smallest absolute Gasteiger partial charge is 0.151 e. The van der Waals surface area contributed by atoms with Crippen LogP contribution in [-0.2, 0) is 6.54 Å². The fraction of sp³-hybridized carbons (Fsp3) is 0.750. The molecule has 1 aliphatic heterocycles. The van der Waals surface area contributed by atoms with Gasteiger partial charge in [0.2, 0.25) is 0 Å². The topological polar surface area (TPSA) is 44.3 Å². The molecule has 0 amide bonds. The van der Waals surface area contributed by atoms with E-state index in [1.54, 1.807) is 0 Å². The van der Waals surface area contributed by atoms with Gasteiger partial charge in [-0.1, -0.05) is 20.8 Å². The van der Waals surface area contributed by atoms with E-state index in [4.69, 9.17) is 0 Å². The molecular weight excluding hydrogens is 262 g/mol. The van der Waals surface area contributed by atoms with Crippen molar-refractivity contribution in [3.05, 3.63) is 17.8 Å². The SMILES string of the molecule is CCN1CCCC1CN(C)c1ccc(CNC(C)C)nn1. The minimum absolute atomic E-state index is 0.469. The number of hydrogen-bond donors (Lipinski definition) is 1. The molecule has 0 aliphatic carbocycles. The Morgan fingerprint density at radius 1 is 1.38 bits per heavy atom.